The quantitative estimate of drug-likeness (QED) is 0.526. The Labute approximate surface area is 200 Å². The number of hydrogen-bond acceptors (Lipinski definition) is 5. The van der Waals surface area contributed by atoms with Crippen LogP contribution in [0.5, 0.6) is 11.5 Å². The van der Waals surface area contributed by atoms with Gasteiger partial charge in [0.1, 0.15) is 5.84 Å². The van der Waals surface area contributed by atoms with E-state index in [2.05, 4.69) is 35.8 Å². The maximum absolute atomic E-state index is 14.1. The van der Waals surface area contributed by atoms with E-state index in [0.29, 0.717) is 24.4 Å². The molecule has 3 fully saturated rings. The minimum atomic E-state index is -0.0464. The number of nitrogens with zero attached hydrogens (tertiary/aromatic N) is 2. The predicted molar refractivity (Wildman–Crippen MR) is 129 cm³/mol. The number of fused-ring (bicyclic) bond motifs is 4. The van der Waals surface area contributed by atoms with Crippen molar-refractivity contribution in [3.8, 4) is 11.5 Å². The Morgan fingerprint density at radius 3 is 2.65 bits per heavy atom. The van der Waals surface area contributed by atoms with Gasteiger partial charge in [0.2, 0.25) is 12.7 Å². The number of likely N-dealkylation sites (tertiary alicyclic amines) is 1. The molecule has 0 spiro atoms. The minimum Gasteiger partial charge on any atom is -0.454 e. The van der Waals surface area contributed by atoms with E-state index in [1.807, 2.05) is 30.3 Å². The summed E-state index contributed by atoms with van der Waals surface area (Å²) in [7, 11) is 0. The third kappa shape index (κ3) is 3.21. The molecule has 7 heteroatoms. The summed E-state index contributed by atoms with van der Waals surface area (Å²) in [6, 6.07) is 14.7. The van der Waals surface area contributed by atoms with E-state index >= 15 is 0 Å². The second kappa shape index (κ2) is 8.01. The van der Waals surface area contributed by atoms with Gasteiger partial charge in [-0.25, -0.2) is 0 Å². The summed E-state index contributed by atoms with van der Waals surface area (Å²) < 4.78 is 11.0. The lowest BCUT2D eigenvalue weighted by molar-refractivity contribution is -0.134. The van der Waals surface area contributed by atoms with Crippen molar-refractivity contribution in [3.63, 3.8) is 0 Å². The van der Waals surface area contributed by atoms with Gasteiger partial charge in [0.05, 0.1) is 5.92 Å². The first kappa shape index (κ1) is 21.5. The number of benzene rings is 2. The topological polar surface area (TPSA) is 91.9 Å². The number of nitrogen functional groups attached to an aromatic ring is 1. The normalized spacial score (nSPS) is 29.7. The molecule has 2 aromatic rings. The van der Waals surface area contributed by atoms with Crippen molar-refractivity contribution < 1.29 is 14.3 Å². The molecule has 0 aromatic heterocycles. The zero-order chi connectivity index (χ0) is 23.6. The Hall–Kier alpha value is -3.06. The van der Waals surface area contributed by atoms with Crippen molar-refractivity contribution in [2.45, 2.75) is 51.4 Å². The van der Waals surface area contributed by atoms with E-state index in [-0.39, 0.29) is 36.5 Å². The molecule has 2 aromatic carbocycles. The molecule has 0 saturated carbocycles. The highest BCUT2D eigenvalue weighted by Gasteiger charge is 2.62. The van der Waals surface area contributed by atoms with Crippen LogP contribution < -0.4 is 15.2 Å². The van der Waals surface area contributed by atoms with Crippen molar-refractivity contribution in [1.29, 1.82) is 5.41 Å². The molecule has 1 amide bonds. The van der Waals surface area contributed by atoms with Gasteiger partial charge in [0.15, 0.2) is 11.5 Å². The van der Waals surface area contributed by atoms with Gasteiger partial charge in [0, 0.05) is 36.2 Å². The lowest BCUT2D eigenvalue weighted by Gasteiger charge is -2.35. The Balaban J connectivity index is 1.36. The highest BCUT2D eigenvalue weighted by molar-refractivity contribution is 5.95. The molecule has 6 rings (SSSR count). The fourth-order valence-electron chi connectivity index (χ4n) is 7.00. The Kier molecular flexibility index (Phi) is 5.06. The maximum atomic E-state index is 14.1. The van der Waals surface area contributed by atoms with Crippen molar-refractivity contribution in [2.75, 3.05) is 13.3 Å². The number of rotatable bonds is 5. The molecule has 5 atom stereocenters. The lowest BCUT2D eigenvalue weighted by atomic mass is 9.79. The fraction of sp³-hybridized carbons (Fsp3) is 0.481. The van der Waals surface area contributed by atoms with Crippen LogP contribution in [-0.2, 0) is 11.3 Å². The van der Waals surface area contributed by atoms with Gasteiger partial charge in [-0.3, -0.25) is 15.1 Å². The van der Waals surface area contributed by atoms with Crippen LogP contribution in [0.3, 0.4) is 0 Å². The highest BCUT2D eigenvalue weighted by atomic mass is 16.7. The van der Waals surface area contributed by atoms with Crippen LogP contribution >= 0.6 is 0 Å². The van der Waals surface area contributed by atoms with Crippen LogP contribution in [-0.4, -0.2) is 47.0 Å². The van der Waals surface area contributed by atoms with E-state index in [4.69, 9.17) is 20.6 Å². The zero-order valence-electron chi connectivity index (χ0n) is 19.7. The van der Waals surface area contributed by atoms with Gasteiger partial charge in [-0.1, -0.05) is 44.2 Å². The van der Waals surface area contributed by atoms with Crippen molar-refractivity contribution >= 4 is 11.7 Å². The second-order valence-corrected chi connectivity index (χ2v) is 10.4. The molecule has 3 N–H and O–H groups in total. The summed E-state index contributed by atoms with van der Waals surface area (Å²) in [6.45, 7) is 6.38. The molecular weight excluding hydrogens is 428 g/mol. The number of hydrogen-bond donors (Lipinski definition) is 2. The summed E-state index contributed by atoms with van der Waals surface area (Å²) in [5, 5.41) is 7.73. The number of amides is 1. The van der Waals surface area contributed by atoms with E-state index in [0.717, 1.165) is 41.2 Å². The van der Waals surface area contributed by atoms with E-state index < -0.39 is 0 Å². The van der Waals surface area contributed by atoms with E-state index in [1.54, 1.807) is 0 Å². The molecule has 34 heavy (non-hydrogen) atoms. The van der Waals surface area contributed by atoms with Gasteiger partial charge in [-0.15, -0.1) is 0 Å². The molecule has 0 aliphatic carbocycles. The largest absolute Gasteiger partial charge is 0.454 e. The molecule has 0 unspecified atom stereocenters. The highest BCUT2D eigenvalue weighted by Crippen LogP contribution is 2.56. The lowest BCUT2D eigenvalue weighted by Crippen LogP contribution is -2.44. The average molecular weight is 461 g/mol. The third-order valence-electron chi connectivity index (χ3n) is 8.26. The summed E-state index contributed by atoms with van der Waals surface area (Å²) in [5.41, 5.74) is 8.64. The summed E-state index contributed by atoms with van der Waals surface area (Å²) >= 11 is 0. The van der Waals surface area contributed by atoms with Crippen molar-refractivity contribution in [1.82, 2.24) is 9.80 Å². The third-order valence-corrected chi connectivity index (χ3v) is 8.26. The molecule has 178 valence electrons. The zero-order valence-corrected chi connectivity index (χ0v) is 19.7. The maximum Gasteiger partial charge on any atom is 0.231 e. The SMILES string of the molecule is CC(C)[C@@H]1[C@@H]2[C@H](C(=O)N1Cc1ccc3c(c1)OCO3)[C@H](c1ccc(C(=N)N)cc1)N1CCC[C@@H]21. The Bertz CT molecular complexity index is 1130. The fourth-order valence-corrected chi connectivity index (χ4v) is 7.00. The summed E-state index contributed by atoms with van der Waals surface area (Å²) in [6.07, 6.45) is 2.33. The molecular formula is C27H32N4O3. The monoisotopic (exact) mass is 460 g/mol. The van der Waals surface area contributed by atoms with Crippen molar-refractivity contribution in [3.05, 3.63) is 59.2 Å². The molecule has 7 nitrogen and oxygen atoms in total. The molecule has 0 radical (unpaired) electrons. The minimum absolute atomic E-state index is 0.0464. The number of nitrogens with one attached hydrogen (secondary N) is 1. The second-order valence-electron chi connectivity index (χ2n) is 10.4. The first-order valence-corrected chi connectivity index (χ1v) is 12.3. The predicted octanol–water partition coefficient (Wildman–Crippen LogP) is 3.52. The van der Waals surface area contributed by atoms with Gasteiger partial charge in [-0.05, 0) is 48.6 Å². The number of amidine groups is 1. The van der Waals surface area contributed by atoms with Crippen LogP contribution in [0.2, 0.25) is 0 Å². The molecule has 4 heterocycles. The van der Waals surface area contributed by atoms with Crippen LogP contribution in [0.1, 0.15) is 49.4 Å². The van der Waals surface area contributed by atoms with Crippen LogP contribution in [0.4, 0.5) is 0 Å². The Morgan fingerprint density at radius 2 is 1.91 bits per heavy atom. The van der Waals surface area contributed by atoms with Crippen LogP contribution in [0.25, 0.3) is 0 Å². The van der Waals surface area contributed by atoms with Crippen LogP contribution in [0, 0.1) is 23.2 Å². The average Bonchev–Trinajstić information content (AvgIpc) is 3.57. The standard InChI is InChI=1S/C27H32N4O3/c1-15(2)24-22-19-4-3-11-30(19)25(17-6-8-18(9-7-17)26(28)29)23(22)27(32)31(24)13-16-5-10-20-21(12-16)34-14-33-20/h5-10,12,15,19,22-25H,3-4,11,13-14H2,1-2H3,(H3,28,29)/t19-,22-,23-,24+,25-/m0/s1. The number of ether oxygens (including phenoxy) is 2. The van der Waals surface area contributed by atoms with E-state index in [9.17, 15) is 4.79 Å². The molecule has 3 saturated heterocycles. The summed E-state index contributed by atoms with van der Waals surface area (Å²) in [5.74, 6) is 2.50. The summed E-state index contributed by atoms with van der Waals surface area (Å²) in [4.78, 5) is 18.8. The van der Waals surface area contributed by atoms with E-state index in [1.165, 1.54) is 6.42 Å². The first-order chi connectivity index (χ1) is 16.4. The van der Waals surface area contributed by atoms with Gasteiger partial charge in [0.25, 0.3) is 0 Å². The molecule has 0 bridgehead atoms. The number of carbonyl (C=O) groups is 1. The van der Waals surface area contributed by atoms with Crippen LogP contribution in [0.15, 0.2) is 42.5 Å². The smallest absolute Gasteiger partial charge is 0.231 e. The number of nitrogens with two attached hydrogens (primary N) is 1. The first-order valence-electron chi connectivity index (χ1n) is 12.3. The van der Waals surface area contributed by atoms with Crippen molar-refractivity contribution in [2.24, 2.45) is 23.5 Å². The van der Waals surface area contributed by atoms with Gasteiger partial charge in [-0.2, -0.15) is 0 Å². The Morgan fingerprint density at radius 1 is 1.15 bits per heavy atom. The van der Waals surface area contributed by atoms with Gasteiger partial charge < -0.3 is 20.1 Å². The molecule has 4 aliphatic heterocycles. The number of carbonyl (C=O) groups excluding carboxylic acids is 1. The molecule has 4 aliphatic rings. The van der Waals surface area contributed by atoms with Gasteiger partial charge >= 0.3 is 0 Å².